The number of amides is 1. The normalized spacial score (nSPS) is 14.9. The van der Waals surface area contributed by atoms with Crippen LogP contribution in [0.5, 0.6) is 0 Å². The minimum atomic E-state index is -1.45. The molecular weight excluding hydrogens is 384 g/mol. The number of fused-ring (bicyclic) bond motifs is 1. The molecule has 29 heavy (non-hydrogen) atoms. The Bertz CT molecular complexity index is 817. The second-order valence-electron chi connectivity index (χ2n) is 5.90. The van der Waals surface area contributed by atoms with Crippen LogP contribution in [0.1, 0.15) is 26.3 Å². The SMILES string of the molecule is CCOC(=O)C(C(=O)OCC)C1C=Cc2cc([N+](=O)[O-])ccc2N1C(=O)OCC. The highest BCUT2D eigenvalue weighted by molar-refractivity contribution is 6.01. The standard InChI is InChI=1S/C19H22N2O8/c1-4-27-17(22)16(18(23)28-5-2)15-9-7-12-11-13(21(25)26)8-10-14(12)20(15)19(24)29-6-3/h7-11,15-16H,4-6H2,1-3H3. The first kappa shape index (κ1) is 21.9. The number of nitrogens with zero attached hydrogens (tertiary/aromatic N) is 2. The van der Waals surface area contributed by atoms with Crippen molar-refractivity contribution in [3.8, 4) is 0 Å². The molecule has 1 unspecified atom stereocenters. The third-order valence-electron chi connectivity index (χ3n) is 4.14. The zero-order chi connectivity index (χ0) is 21.6. The van der Waals surface area contributed by atoms with E-state index in [0.717, 1.165) is 4.90 Å². The lowest BCUT2D eigenvalue weighted by atomic mass is 9.92. The van der Waals surface area contributed by atoms with E-state index in [4.69, 9.17) is 14.2 Å². The van der Waals surface area contributed by atoms with Crippen LogP contribution in [-0.4, -0.2) is 48.8 Å². The van der Waals surface area contributed by atoms with E-state index in [1.807, 2.05) is 0 Å². The molecule has 0 saturated carbocycles. The predicted octanol–water partition coefficient (Wildman–Crippen LogP) is 2.70. The van der Waals surface area contributed by atoms with Gasteiger partial charge in [-0.25, -0.2) is 4.79 Å². The van der Waals surface area contributed by atoms with Crippen LogP contribution in [0.4, 0.5) is 16.2 Å². The molecule has 10 nitrogen and oxygen atoms in total. The van der Waals surface area contributed by atoms with E-state index < -0.39 is 34.9 Å². The van der Waals surface area contributed by atoms with Crippen molar-refractivity contribution in [1.82, 2.24) is 0 Å². The summed E-state index contributed by atoms with van der Waals surface area (Å²) in [4.78, 5) is 49.3. The minimum absolute atomic E-state index is 0.0351. The van der Waals surface area contributed by atoms with Gasteiger partial charge in [-0.05, 0) is 26.8 Å². The molecule has 1 aromatic carbocycles. The van der Waals surface area contributed by atoms with Crippen molar-refractivity contribution < 1.29 is 33.5 Å². The molecule has 2 rings (SSSR count). The Balaban J connectivity index is 2.56. The molecule has 0 saturated heterocycles. The average molecular weight is 406 g/mol. The van der Waals surface area contributed by atoms with E-state index in [-0.39, 0.29) is 31.2 Å². The first-order valence-electron chi connectivity index (χ1n) is 9.11. The van der Waals surface area contributed by atoms with Crippen molar-refractivity contribution in [2.24, 2.45) is 5.92 Å². The summed E-state index contributed by atoms with van der Waals surface area (Å²) in [5.74, 6) is -3.14. The van der Waals surface area contributed by atoms with Crippen molar-refractivity contribution in [2.45, 2.75) is 26.8 Å². The molecule has 1 aliphatic heterocycles. The molecule has 1 amide bonds. The molecule has 10 heteroatoms. The smallest absolute Gasteiger partial charge is 0.414 e. The van der Waals surface area contributed by atoms with Crippen LogP contribution in [0.2, 0.25) is 0 Å². The van der Waals surface area contributed by atoms with Crippen LogP contribution in [0, 0.1) is 16.0 Å². The fraction of sp³-hybridized carbons (Fsp3) is 0.421. The summed E-state index contributed by atoms with van der Waals surface area (Å²) in [6.45, 7) is 4.92. The Morgan fingerprint density at radius 3 is 2.17 bits per heavy atom. The molecule has 1 aromatic rings. The van der Waals surface area contributed by atoms with Crippen LogP contribution >= 0.6 is 0 Å². The van der Waals surface area contributed by atoms with Crippen LogP contribution in [-0.2, 0) is 23.8 Å². The highest BCUT2D eigenvalue weighted by atomic mass is 16.6. The monoisotopic (exact) mass is 406 g/mol. The number of benzene rings is 1. The van der Waals surface area contributed by atoms with Gasteiger partial charge in [-0.1, -0.05) is 12.2 Å². The van der Waals surface area contributed by atoms with Crippen LogP contribution < -0.4 is 4.90 Å². The number of hydrogen-bond acceptors (Lipinski definition) is 8. The number of non-ortho nitro benzene ring substituents is 1. The number of ether oxygens (including phenoxy) is 3. The van der Waals surface area contributed by atoms with Gasteiger partial charge in [-0.3, -0.25) is 24.6 Å². The molecular formula is C19H22N2O8. The maximum Gasteiger partial charge on any atom is 0.414 e. The van der Waals surface area contributed by atoms with Gasteiger partial charge in [-0.2, -0.15) is 0 Å². The summed E-state index contributed by atoms with van der Waals surface area (Å²) in [6, 6.07) is 2.80. The first-order chi connectivity index (χ1) is 13.8. The number of carbonyl (C=O) groups is 3. The molecule has 1 atom stereocenters. The van der Waals surface area contributed by atoms with E-state index in [0.29, 0.717) is 5.56 Å². The molecule has 0 N–H and O–H groups in total. The predicted molar refractivity (Wildman–Crippen MR) is 102 cm³/mol. The van der Waals surface area contributed by atoms with Crippen LogP contribution in [0.15, 0.2) is 24.3 Å². The number of nitro groups is 1. The van der Waals surface area contributed by atoms with E-state index >= 15 is 0 Å². The Morgan fingerprint density at radius 2 is 1.66 bits per heavy atom. The Labute approximate surface area is 167 Å². The van der Waals surface area contributed by atoms with Gasteiger partial charge >= 0.3 is 18.0 Å². The van der Waals surface area contributed by atoms with E-state index in [1.54, 1.807) is 20.8 Å². The highest BCUT2D eigenvalue weighted by Crippen LogP contribution is 2.35. The molecule has 0 spiro atoms. The lowest BCUT2D eigenvalue weighted by molar-refractivity contribution is -0.384. The Kier molecular flexibility index (Phi) is 7.29. The lowest BCUT2D eigenvalue weighted by Gasteiger charge is -2.35. The minimum Gasteiger partial charge on any atom is -0.465 e. The van der Waals surface area contributed by atoms with Gasteiger partial charge in [0.05, 0.1) is 36.5 Å². The quantitative estimate of drug-likeness (QED) is 0.222. The average Bonchev–Trinajstić information content (AvgIpc) is 2.68. The lowest BCUT2D eigenvalue weighted by Crippen LogP contribution is -2.51. The Morgan fingerprint density at radius 1 is 1.07 bits per heavy atom. The van der Waals surface area contributed by atoms with Crippen LogP contribution in [0.3, 0.4) is 0 Å². The summed E-state index contributed by atoms with van der Waals surface area (Å²) >= 11 is 0. The summed E-state index contributed by atoms with van der Waals surface area (Å²) in [6.07, 6.45) is 2.13. The van der Waals surface area contributed by atoms with Crippen LogP contribution in [0.25, 0.3) is 6.08 Å². The summed E-state index contributed by atoms with van der Waals surface area (Å²) in [5, 5.41) is 11.1. The summed E-state index contributed by atoms with van der Waals surface area (Å²) in [7, 11) is 0. The van der Waals surface area contributed by atoms with E-state index in [2.05, 4.69) is 0 Å². The van der Waals surface area contributed by atoms with Gasteiger partial charge in [0, 0.05) is 17.7 Å². The molecule has 156 valence electrons. The highest BCUT2D eigenvalue weighted by Gasteiger charge is 2.44. The Hall–Kier alpha value is -3.43. The number of hydrogen-bond donors (Lipinski definition) is 0. The number of carbonyl (C=O) groups excluding carboxylic acids is 3. The molecule has 0 aromatic heterocycles. The molecule has 0 radical (unpaired) electrons. The zero-order valence-electron chi connectivity index (χ0n) is 16.3. The molecule has 0 fully saturated rings. The van der Waals surface area contributed by atoms with Gasteiger partial charge in [-0.15, -0.1) is 0 Å². The van der Waals surface area contributed by atoms with Crippen molar-refractivity contribution in [3.05, 3.63) is 40.0 Å². The topological polar surface area (TPSA) is 125 Å². The number of nitro benzene ring substituents is 1. The number of rotatable bonds is 7. The van der Waals surface area contributed by atoms with Crippen molar-refractivity contribution >= 4 is 35.5 Å². The second-order valence-corrected chi connectivity index (χ2v) is 5.90. The van der Waals surface area contributed by atoms with Gasteiger partial charge in [0.15, 0.2) is 5.92 Å². The zero-order valence-corrected chi connectivity index (χ0v) is 16.3. The van der Waals surface area contributed by atoms with Gasteiger partial charge in [0.2, 0.25) is 0 Å². The second kappa shape index (κ2) is 9.67. The van der Waals surface area contributed by atoms with E-state index in [9.17, 15) is 24.5 Å². The molecule has 0 bridgehead atoms. The van der Waals surface area contributed by atoms with Gasteiger partial charge < -0.3 is 14.2 Å². The maximum atomic E-state index is 12.7. The number of anilines is 1. The van der Waals surface area contributed by atoms with Crippen molar-refractivity contribution in [1.29, 1.82) is 0 Å². The van der Waals surface area contributed by atoms with Crippen molar-refractivity contribution in [2.75, 3.05) is 24.7 Å². The molecule has 0 aliphatic carbocycles. The van der Waals surface area contributed by atoms with Crippen molar-refractivity contribution in [3.63, 3.8) is 0 Å². The molecule has 1 aliphatic rings. The summed E-state index contributed by atoms with van der Waals surface area (Å²) < 4.78 is 15.1. The largest absolute Gasteiger partial charge is 0.465 e. The fourth-order valence-electron chi connectivity index (χ4n) is 2.97. The van der Waals surface area contributed by atoms with Gasteiger partial charge in [0.1, 0.15) is 0 Å². The first-order valence-corrected chi connectivity index (χ1v) is 9.11. The molecule has 1 heterocycles. The van der Waals surface area contributed by atoms with Gasteiger partial charge in [0.25, 0.3) is 5.69 Å². The number of esters is 2. The summed E-state index contributed by atoms with van der Waals surface area (Å²) in [5.41, 5.74) is 0.470. The fourth-order valence-corrected chi connectivity index (χ4v) is 2.97. The third kappa shape index (κ3) is 4.71. The maximum absolute atomic E-state index is 12.7. The third-order valence-corrected chi connectivity index (χ3v) is 4.14. The van der Waals surface area contributed by atoms with E-state index in [1.165, 1.54) is 30.4 Å².